The van der Waals surface area contributed by atoms with Crippen molar-refractivity contribution in [2.75, 3.05) is 13.2 Å². The van der Waals surface area contributed by atoms with E-state index in [9.17, 15) is 14.3 Å². The van der Waals surface area contributed by atoms with Gasteiger partial charge in [-0.2, -0.15) is 0 Å². The molecule has 18 heavy (non-hydrogen) atoms. The smallest absolute Gasteiger partial charge is 0.258 e. The predicted octanol–water partition coefficient (Wildman–Crippen LogP) is 1.24. The molecule has 1 aromatic carbocycles. The molecule has 1 aromatic rings. The topological polar surface area (TPSA) is 58.6 Å². The average molecular weight is 253 g/mol. The third-order valence-electron chi connectivity index (χ3n) is 3.18. The fourth-order valence-electron chi connectivity index (χ4n) is 1.96. The number of carbonyl (C=O) groups excluding carboxylic acids is 1. The van der Waals surface area contributed by atoms with Crippen LogP contribution in [0.5, 0.6) is 5.75 Å². The number of rotatable bonds is 5. The quantitative estimate of drug-likeness (QED) is 0.830. The second-order valence-corrected chi connectivity index (χ2v) is 4.59. The number of benzene rings is 1. The number of halogens is 1. The predicted molar refractivity (Wildman–Crippen MR) is 63.7 cm³/mol. The number of aliphatic hydroxyl groups excluding tert-OH is 1. The standard InChI is InChI=1S/C13H16FNO3/c14-10-3-1-4-11(7-10)18-8-12(17)15-13(9-16)5-2-6-13/h1,3-4,7,16H,2,5-6,8-9H2,(H,15,17). The molecule has 4 nitrogen and oxygen atoms in total. The molecule has 2 N–H and O–H groups in total. The third kappa shape index (κ3) is 2.98. The zero-order valence-corrected chi connectivity index (χ0v) is 9.99. The lowest BCUT2D eigenvalue weighted by Gasteiger charge is -2.40. The third-order valence-corrected chi connectivity index (χ3v) is 3.18. The van der Waals surface area contributed by atoms with Gasteiger partial charge in [0.2, 0.25) is 0 Å². The molecule has 0 bridgehead atoms. The number of hydrogen-bond acceptors (Lipinski definition) is 3. The molecule has 1 aliphatic carbocycles. The maximum absolute atomic E-state index is 12.9. The first-order valence-corrected chi connectivity index (χ1v) is 5.94. The van der Waals surface area contributed by atoms with Gasteiger partial charge < -0.3 is 15.2 Å². The van der Waals surface area contributed by atoms with E-state index in [4.69, 9.17) is 4.74 Å². The van der Waals surface area contributed by atoms with Crippen LogP contribution in [0.4, 0.5) is 4.39 Å². The fraction of sp³-hybridized carbons (Fsp3) is 0.462. The van der Waals surface area contributed by atoms with Gasteiger partial charge in [0.1, 0.15) is 11.6 Å². The van der Waals surface area contributed by atoms with Crippen LogP contribution < -0.4 is 10.1 Å². The van der Waals surface area contributed by atoms with E-state index in [1.54, 1.807) is 6.07 Å². The van der Waals surface area contributed by atoms with Gasteiger partial charge in [0.05, 0.1) is 12.1 Å². The van der Waals surface area contributed by atoms with E-state index in [-0.39, 0.29) is 19.1 Å². The van der Waals surface area contributed by atoms with Crippen molar-refractivity contribution >= 4 is 5.91 Å². The van der Waals surface area contributed by atoms with Gasteiger partial charge in [-0.05, 0) is 31.4 Å². The van der Waals surface area contributed by atoms with Crippen LogP contribution in [-0.4, -0.2) is 29.8 Å². The Morgan fingerprint density at radius 3 is 2.83 bits per heavy atom. The summed E-state index contributed by atoms with van der Waals surface area (Å²) in [5, 5.41) is 12.0. The van der Waals surface area contributed by atoms with Crippen LogP contribution in [0.1, 0.15) is 19.3 Å². The summed E-state index contributed by atoms with van der Waals surface area (Å²) in [5.74, 6) is -0.386. The number of nitrogens with one attached hydrogen (secondary N) is 1. The molecule has 98 valence electrons. The summed E-state index contributed by atoms with van der Waals surface area (Å²) in [5.41, 5.74) is -0.470. The largest absolute Gasteiger partial charge is 0.484 e. The highest BCUT2D eigenvalue weighted by molar-refractivity contribution is 5.78. The van der Waals surface area contributed by atoms with E-state index >= 15 is 0 Å². The van der Waals surface area contributed by atoms with E-state index in [1.807, 2.05) is 0 Å². The van der Waals surface area contributed by atoms with Crippen molar-refractivity contribution in [3.8, 4) is 5.75 Å². The Bertz CT molecular complexity index is 426. The van der Waals surface area contributed by atoms with Crippen LogP contribution >= 0.6 is 0 Å². The number of amides is 1. The summed E-state index contributed by atoms with van der Waals surface area (Å²) in [7, 11) is 0. The molecule has 0 saturated heterocycles. The average Bonchev–Trinajstić information content (AvgIpc) is 2.31. The Morgan fingerprint density at radius 1 is 1.50 bits per heavy atom. The first-order chi connectivity index (χ1) is 8.63. The lowest BCUT2D eigenvalue weighted by molar-refractivity contribution is -0.127. The SMILES string of the molecule is O=C(COc1cccc(F)c1)NC1(CO)CCC1. The summed E-state index contributed by atoms with van der Waals surface area (Å²) in [4.78, 5) is 11.6. The Balaban J connectivity index is 1.81. The second kappa shape index (κ2) is 5.35. The van der Waals surface area contributed by atoms with Crippen molar-refractivity contribution in [1.82, 2.24) is 5.32 Å². The molecule has 2 rings (SSSR count). The molecule has 1 fully saturated rings. The first-order valence-electron chi connectivity index (χ1n) is 5.94. The Kier molecular flexibility index (Phi) is 3.81. The minimum absolute atomic E-state index is 0.0568. The summed E-state index contributed by atoms with van der Waals surface area (Å²) >= 11 is 0. The van der Waals surface area contributed by atoms with Gasteiger partial charge in [-0.25, -0.2) is 4.39 Å². The van der Waals surface area contributed by atoms with E-state index < -0.39 is 11.4 Å². The van der Waals surface area contributed by atoms with Crippen molar-refractivity contribution < 1.29 is 19.0 Å². The zero-order chi connectivity index (χ0) is 13.0. The molecule has 0 heterocycles. The fourth-order valence-corrected chi connectivity index (χ4v) is 1.96. The molecule has 0 aliphatic heterocycles. The molecule has 0 aromatic heterocycles. The van der Waals surface area contributed by atoms with E-state index in [1.165, 1.54) is 18.2 Å². The maximum Gasteiger partial charge on any atom is 0.258 e. The minimum Gasteiger partial charge on any atom is -0.484 e. The van der Waals surface area contributed by atoms with Gasteiger partial charge in [-0.3, -0.25) is 4.79 Å². The number of carbonyl (C=O) groups is 1. The van der Waals surface area contributed by atoms with Gasteiger partial charge in [0, 0.05) is 6.07 Å². The summed E-state index contributed by atoms with van der Waals surface area (Å²) in [6.45, 7) is -0.232. The first kappa shape index (κ1) is 12.8. The van der Waals surface area contributed by atoms with Crippen LogP contribution in [0.15, 0.2) is 24.3 Å². The van der Waals surface area contributed by atoms with Crippen molar-refractivity contribution in [2.45, 2.75) is 24.8 Å². The van der Waals surface area contributed by atoms with Gasteiger partial charge >= 0.3 is 0 Å². The zero-order valence-electron chi connectivity index (χ0n) is 9.99. The lowest BCUT2D eigenvalue weighted by Crippen LogP contribution is -2.57. The van der Waals surface area contributed by atoms with E-state index in [0.717, 1.165) is 19.3 Å². The summed E-state index contributed by atoms with van der Waals surface area (Å²) in [6.07, 6.45) is 2.58. The van der Waals surface area contributed by atoms with Crippen LogP contribution in [0.3, 0.4) is 0 Å². The molecule has 1 amide bonds. The molecule has 0 atom stereocenters. The second-order valence-electron chi connectivity index (χ2n) is 4.59. The molecular formula is C13H16FNO3. The number of ether oxygens (including phenoxy) is 1. The van der Waals surface area contributed by atoms with Crippen LogP contribution in [0.25, 0.3) is 0 Å². The van der Waals surface area contributed by atoms with Gasteiger partial charge in [0.25, 0.3) is 5.91 Å². The Labute approximate surface area is 105 Å². The Hall–Kier alpha value is -1.62. The van der Waals surface area contributed by atoms with Crippen molar-refractivity contribution in [2.24, 2.45) is 0 Å². The van der Waals surface area contributed by atoms with Gasteiger partial charge in [-0.1, -0.05) is 6.07 Å². The van der Waals surface area contributed by atoms with Gasteiger partial charge in [-0.15, -0.1) is 0 Å². The van der Waals surface area contributed by atoms with Crippen molar-refractivity contribution in [3.63, 3.8) is 0 Å². The lowest BCUT2D eigenvalue weighted by atomic mass is 9.77. The monoisotopic (exact) mass is 253 g/mol. The summed E-state index contributed by atoms with van der Waals surface area (Å²) in [6, 6.07) is 5.63. The normalized spacial score (nSPS) is 16.8. The number of hydrogen-bond donors (Lipinski definition) is 2. The van der Waals surface area contributed by atoms with E-state index in [2.05, 4.69) is 5.32 Å². The minimum atomic E-state index is -0.470. The van der Waals surface area contributed by atoms with Crippen molar-refractivity contribution in [3.05, 3.63) is 30.1 Å². The van der Waals surface area contributed by atoms with E-state index in [0.29, 0.717) is 5.75 Å². The number of aliphatic hydroxyl groups is 1. The highest BCUT2D eigenvalue weighted by atomic mass is 19.1. The molecule has 0 spiro atoms. The highest BCUT2D eigenvalue weighted by Crippen LogP contribution is 2.30. The van der Waals surface area contributed by atoms with Crippen molar-refractivity contribution in [1.29, 1.82) is 0 Å². The molecular weight excluding hydrogens is 237 g/mol. The maximum atomic E-state index is 12.9. The molecule has 1 aliphatic rings. The molecule has 0 unspecified atom stereocenters. The molecule has 1 saturated carbocycles. The van der Waals surface area contributed by atoms with Crippen LogP contribution in [-0.2, 0) is 4.79 Å². The molecule has 5 heteroatoms. The Morgan fingerprint density at radius 2 is 2.28 bits per heavy atom. The molecule has 0 radical (unpaired) electrons. The van der Waals surface area contributed by atoms with Crippen LogP contribution in [0.2, 0.25) is 0 Å². The van der Waals surface area contributed by atoms with Crippen LogP contribution in [0, 0.1) is 5.82 Å². The summed E-state index contributed by atoms with van der Waals surface area (Å²) < 4.78 is 18.0. The highest BCUT2D eigenvalue weighted by Gasteiger charge is 2.37. The van der Waals surface area contributed by atoms with Gasteiger partial charge in [0.15, 0.2) is 6.61 Å².